The maximum atomic E-state index is 12.3. The van der Waals surface area contributed by atoms with Crippen LogP contribution in [-0.4, -0.2) is 36.5 Å². The maximum absolute atomic E-state index is 12.3. The third-order valence-corrected chi connectivity index (χ3v) is 4.51. The highest BCUT2D eigenvalue weighted by Crippen LogP contribution is 2.62. The van der Waals surface area contributed by atoms with Crippen LogP contribution in [-0.2, 0) is 9.59 Å². The zero-order chi connectivity index (χ0) is 15.4. The molecule has 0 radical (unpaired) electrons. The first kappa shape index (κ1) is 13.6. The van der Waals surface area contributed by atoms with Crippen LogP contribution in [0.2, 0.25) is 0 Å². The van der Waals surface area contributed by atoms with Gasteiger partial charge in [-0.2, -0.15) is 5.10 Å². The number of nitrogens with two attached hydrogens (primary N) is 1. The quantitative estimate of drug-likeness (QED) is 0.773. The van der Waals surface area contributed by atoms with E-state index in [0.29, 0.717) is 11.4 Å². The van der Waals surface area contributed by atoms with Crippen molar-refractivity contribution in [3.8, 4) is 0 Å². The summed E-state index contributed by atoms with van der Waals surface area (Å²) in [5, 5.41) is 4.19. The topological polar surface area (TPSA) is 87.8 Å². The van der Waals surface area contributed by atoms with E-state index in [2.05, 4.69) is 10.5 Å². The first-order valence-electron chi connectivity index (χ1n) is 6.83. The first-order valence-corrected chi connectivity index (χ1v) is 6.83. The summed E-state index contributed by atoms with van der Waals surface area (Å²) in [6.07, 6.45) is 0. The molecule has 0 bridgehead atoms. The molecule has 0 aromatic heterocycles. The Hall–Kier alpha value is -2.37. The highest BCUT2D eigenvalue weighted by molar-refractivity contribution is 6.18. The molecule has 2 aliphatic rings. The number of hydrogen-bond donors (Lipinski definition) is 2. The Labute approximate surface area is 123 Å². The minimum atomic E-state index is -0.584. The van der Waals surface area contributed by atoms with Crippen LogP contribution in [0.5, 0.6) is 0 Å². The van der Waals surface area contributed by atoms with Gasteiger partial charge in [-0.3, -0.25) is 9.59 Å². The average molecular weight is 286 g/mol. The molecule has 1 heterocycles. The Balaban J connectivity index is 2.06. The predicted octanol–water partition coefficient (Wildman–Crippen LogP) is 0.443. The zero-order valence-electron chi connectivity index (χ0n) is 12.3. The molecule has 6 heteroatoms. The molecule has 1 aromatic rings. The van der Waals surface area contributed by atoms with Gasteiger partial charge in [0.25, 0.3) is 0 Å². The molecule has 1 aliphatic carbocycles. The van der Waals surface area contributed by atoms with Gasteiger partial charge in [-0.05, 0) is 6.07 Å². The minimum absolute atomic E-state index is 0.0539. The summed E-state index contributed by atoms with van der Waals surface area (Å²) >= 11 is 0. The number of carbonyl (C=O) groups excluding carboxylic acids is 2. The number of nitrogen functional groups attached to an aromatic ring is 1. The van der Waals surface area contributed by atoms with Gasteiger partial charge in [0, 0.05) is 30.8 Å². The number of amides is 2. The Kier molecular flexibility index (Phi) is 2.79. The molecule has 1 aromatic carbocycles. The number of benzene rings is 1. The smallest absolute Gasteiger partial charge is 0.245 e. The van der Waals surface area contributed by atoms with Gasteiger partial charge < -0.3 is 10.6 Å². The van der Waals surface area contributed by atoms with Crippen molar-refractivity contribution >= 4 is 23.2 Å². The highest BCUT2D eigenvalue weighted by atomic mass is 16.2. The second-order valence-electron chi connectivity index (χ2n) is 5.99. The van der Waals surface area contributed by atoms with E-state index in [1.807, 2.05) is 25.1 Å². The van der Waals surface area contributed by atoms with Crippen LogP contribution in [0.1, 0.15) is 12.5 Å². The van der Waals surface area contributed by atoms with Gasteiger partial charge >= 0.3 is 0 Å². The Morgan fingerprint density at radius 1 is 1.38 bits per heavy atom. The fourth-order valence-corrected chi connectivity index (χ4v) is 3.27. The normalized spacial score (nSPS) is 30.0. The van der Waals surface area contributed by atoms with Gasteiger partial charge in [0.05, 0.1) is 17.5 Å². The molecule has 3 N–H and O–H groups in total. The maximum Gasteiger partial charge on any atom is 0.245 e. The molecule has 1 fully saturated rings. The summed E-state index contributed by atoms with van der Waals surface area (Å²) < 4.78 is 0. The van der Waals surface area contributed by atoms with E-state index >= 15 is 0 Å². The second-order valence-corrected chi connectivity index (χ2v) is 5.99. The number of para-hydroxylation sites is 1. The summed E-state index contributed by atoms with van der Waals surface area (Å²) in [5.74, 6) is -1.01. The van der Waals surface area contributed by atoms with Gasteiger partial charge in [0.15, 0.2) is 0 Å². The molecule has 3 rings (SSSR count). The molecule has 2 amide bonds. The Morgan fingerprint density at radius 3 is 2.67 bits per heavy atom. The van der Waals surface area contributed by atoms with Crippen molar-refractivity contribution < 1.29 is 9.59 Å². The fourth-order valence-electron chi connectivity index (χ4n) is 3.27. The van der Waals surface area contributed by atoms with Crippen LogP contribution >= 0.6 is 0 Å². The Bertz CT molecular complexity index is 667. The van der Waals surface area contributed by atoms with Crippen molar-refractivity contribution in [1.29, 1.82) is 0 Å². The molecular weight excluding hydrogens is 268 g/mol. The summed E-state index contributed by atoms with van der Waals surface area (Å²) in [7, 11) is 3.39. The van der Waals surface area contributed by atoms with Gasteiger partial charge in [-0.15, -0.1) is 0 Å². The van der Waals surface area contributed by atoms with E-state index < -0.39 is 5.41 Å². The van der Waals surface area contributed by atoms with Crippen molar-refractivity contribution in [3.05, 3.63) is 29.8 Å². The average Bonchev–Trinajstić information content (AvgIpc) is 3.07. The van der Waals surface area contributed by atoms with Gasteiger partial charge in [-0.25, -0.2) is 5.43 Å². The number of anilines is 1. The van der Waals surface area contributed by atoms with Crippen LogP contribution < -0.4 is 11.2 Å². The van der Waals surface area contributed by atoms with E-state index in [4.69, 9.17) is 5.73 Å². The third kappa shape index (κ3) is 1.75. The first-order chi connectivity index (χ1) is 9.89. The van der Waals surface area contributed by atoms with Crippen LogP contribution in [0.15, 0.2) is 29.4 Å². The van der Waals surface area contributed by atoms with Crippen molar-refractivity contribution in [2.75, 3.05) is 19.8 Å². The minimum Gasteiger partial charge on any atom is -0.398 e. The second kappa shape index (κ2) is 4.31. The van der Waals surface area contributed by atoms with Crippen LogP contribution in [0.25, 0.3) is 0 Å². The van der Waals surface area contributed by atoms with Crippen molar-refractivity contribution in [2.45, 2.75) is 6.92 Å². The summed E-state index contributed by atoms with van der Waals surface area (Å²) in [6.45, 7) is 1.91. The van der Waals surface area contributed by atoms with Gasteiger partial charge in [0.1, 0.15) is 0 Å². The van der Waals surface area contributed by atoms with Crippen LogP contribution in [0.3, 0.4) is 0 Å². The van der Waals surface area contributed by atoms with E-state index in [9.17, 15) is 9.59 Å². The standard InChI is InChI=1S/C15H18N4O2/c1-15-10(11(15)14(21)19(2)3)13(20)18-17-12(15)8-6-4-5-7-9(8)16/h4-7,10-11H,16H2,1-3H3,(H,18,20)/t10-,11+,15+/m1/s1. The molecule has 1 aliphatic heterocycles. The summed E-state index contributed by atoms with van der Waals surface area (Å²) in [6, 6.07) is 7.37. The molecule has 0 saturated heterocycles. The highest BCUT2D eigenvalue weighted by Gasteiger charge is 2.73. The lowest BCUT2D eigenvalue weighted by molar-refractivity contribution is -0.132. The molecule has 0 unspecified atom stereocenters. The lowest BCUT2D eigenvalue weighted by atomic mass is 9.90. The van der Waals surface area contributed by atoms with Gasteiger partial charge in [0.2, 0.25) is 11.8 Å². The Morgan fingerprint density at radius 2 is 2.05 bits per heavy atom. The summed E-state index contributed by atoms with van der Waals surface area (Å²) in [4.78, 5) is 25.9. The third-order valence-electron chi connectivity index (χ3n) is 4.51. The number of hydrazone groups is 1. The molecule has 0 spiro atoms. The molecular formula is C15H18N4O2. The van der Waals surface area contributed by atoms with E-state index in [1.54, 1.807) is 20.2 Å². The van der Waals surface area contributed by atoms with Crippen molar-refractivity contribution in [1.82, 2.24) is 10.3 Å². The van der Waals surface area contributed by atoms with Crippen molar-refractivity contribution in [2.24, 2.45) is 22.4 Å². The van der Waals surface area contributed by atoms with Crippen LogP contribution in [0.4, 0.5) is 5.69 Å². The SMILES string of the molecule is CN(C)C(=O)[C@@H]1[C@@H]2C(=O)NN=C(c3ccccc3N)[C@]12C. The largest absolute Gasteiger partial charge is 0.398 e. The molecule has 21 heavy (non-hydrogen) atoms. The van der Waals surface area contributed by atoms with E-state index in [-0.39, 0.29) is 23.7 Å². The van der Waals surface area contributed by atoms with Crippen molar-refractivity contribution in [3.63, 3.8) is 0 Å². The number of hydrogen-bond acceptors (Lipinski definition) is 4. The molecule has 1 saturated carbocycles. The molecule has 110 valence electrons. The lowest BCUT2D eigenvalue weighted by Gasteiger charge is -2.21. The monoisotopic (exact) mass is 286 g/mol. The predicted molar refractivity (Wildman–Crippen MR) is 79.3 cm³/mol. The summed E-state index contributed by atoms with van der Waals surface area (Å²) in [5.41, 5.74) is 10.0. The number of carbonyl (C=O) groups is 2. The molecule has 6 nitrogen and oxygen atoms in total. The van der Waals surface area contributed by atoms with E-state index in [0.717, 1.165) is 5.56 Å². The number of nitrogens with zero attached hydrogens (tertiary/aromatic N) is 2. The van der Waals surface area contributed by atoms with E-state index in [1.165, 1.54) is 4.90 Å². The fraction of sp³-hybridized carbons (Fsp3) is 0.400. The lowest BCUT2D eigenvalue weighted by Crippen LogP contribution is -2.34. The number of rotatable bonds is 2. The number of nitrogens with one attached hydrogen (secondary N) is 1. The molecule has 3 atom stereocenters. The van der Waals surface area contributed by atoms with Gasteiger partial charge in [-0.1, -0.05) is 25.1 Å². The number of fused-ring (bicyclic) bond motifs is 1. The zero-order valence-corrected chi connectivity index (χ0v) is 12.3. The van der Waals surface area contributed by atoms with Crippen LogP contribution in [0, 0.1) is 17.3 Å².